The standard InChI is InChI=1S/C17H27NOSi/c1-6-15(17(7-2)20(3,4)5)18-16(13-19)14-11-9-8-10-12-14/h8-12,15-16,18-19H,2,6,13H2,1,3-5H3/t15-,16-/m0/s1. The van der Waals surface area contributed by atoms with Crippen molar-refractivity contribution in [2.45, 2.75) is 45.1 Å². The van der Waals surface area contributed by atoms with Gasteiger partial charge in [-0.05, 0) is 17.2 Å². The Hall–Kier alpha value is -1.12. The van der Waals surface area contributed by atoms with Crippen molar-refractivity contribution in [2.24, 2.45) is 0 Å². The Bertz CT molecular complexity index is 458. The molecular weight excluding hydrogens is 262 g/mol. The van der Waals surface area contributed by atoms with Crippen molar-refractivity contribution < 1.29 is 5.11 Å². The van der Waals surface area contributed by atoms with E-state index in [9.17, 15) is 5.11 Å². The third kappa shape index (κ3) is 4.46. The lowest BCUT2D eigenvalue weighted by Crippen LogP contribution is -2.42. The number of benzene rings is 1. The van der Waals surface area contributed by atoms with E-state index in [2.05, 4.69) is 44.2 Å². The smallest absolute Gasteiger partial charge is 0.0843 e. The number of aliphatic hydroxyl groups excluding tert-OH is 1. The molecule has 2 nitrogen and oxygen atoms in total. The van der Waals surface area contributed by atoms with Gasteiger partial charge < -0.3 is 10.4 Å². The summed E-state index contributed by atoms with van der Waals surface area (Å²) in [6.07, 6.45) is 0.978. The fourth-order valence-corrected chi connectivity index (χ4v) is 4.36. The Morgan fingerprint density at radius 3 is 2.30 bits per heavy atom. The van der Waals surface area contributed by atoms with Crippen LogP contribution in [0.5, 0.6) is 0 Å². The maximum absolute atomic E-state index is 9.68. The number of aliphatic hydroxyl groups is 1. The van der Waals surface area contributed by atoms with E-state index in [0.29, 0.717) is 0 Å². The van der Waals surface area contributed by atoms with E-state index in [0.717, 1.165) is 12.0 Å². The summed E-state index contributed by atoms with van der Waals surface area (Å²) in [6.45, 7) is 13.0. The van der Waals surface area contributed by atoms with Crippen molar-refractivity contribution >= 4 is 8.07 Å². The van der Waals surface area contributed by atoms with Crippen LogP contribution in [0.25, 0.3) is 0 Å². The highest BCUT2D eigenvalue weighted by molar-refractivity contribution is 6.83. The van der Waals surface area contributed by atoms with E-state index in [1.54, 1.807) is 0 Å². The molecule has 0 aliphatic rings. The van der Waals surface area contributed by atoms with Gasteiger partial charge in [0.2, 0.25) is 0 Å². The third-order valence-corrected chi connectivity index (χ3v) is 5.68. The fourth-order valence-electron chi connectivity index (χ4n) is 2.50. The fraction of sp³-hybridized carbons (Fsp3) is 0.471. The first-order chi connectivity index (χ1) is 9.43. The molecule has 0 saturated heterocycles. The van der Waals surface area contributed by atoms with E-state index < -0.39 is 8.07 Å². The van der Waals surface area contributed by atoms with E-state index in [-0.39, 0.29) is 18.7 Å². The highest BCUT2D eigenvalue weighted by Gasteiger charge is 2.27. The summed E-state index contributed by atoms with van der Waals surface area (Å²) in [4.78, 5) is 0. The van der Waals surface area contributed by atoms with Crippen LogP contribution in [-0.2, 0) is 0 Å². The minimum atomic E-state index is -1.45. The molecule has 0 unspecified atom stereocenters. The molecular formula is C17H27NOSi. The van der Waals surface area contributed by atoms with E-state index in [1.807, 2.05) is 30.3 Å². The molecule has 0 bridgehead atoms. The first-order valence-electron chi connectivity index (χ1n) is 7.26. The molecule has 1 rings (SSSR count). The largest absolute Gasteiger partial charge is 0.394 e. The van der Waals surface area contributed by atoms with Crippen LogP contribution >= 0.6 is 0 Å². The summed E-state index contributed by atoms with van der Waals surface area (Å²) in [6, 6.07) is 10.3. The van der Waals surface area contributed by atoms with Gasteiger partial charge in [0.15, 0.2) is 0 Å². The summed E-state index contributed by atoms with van der Waals surface area (Å²) in [5.74, 6) is 0. The molecule has 0 saturated carbocycles. The first kappa shape index (κ1) is 16.9. The van der Waals surface area contributed by atoms with Gasteiger partial charge in [-0.1, -0.05) is 63.5 Å². The van der Waals surface area contributed by atoms with Gasteiger partial charge in [-0.3, -0.25) is 0 Å². The predicted molar refractivity (Wildman–Crippen MR) is 89.5 cm³/mol. The Balaban J connectivity index is 2.94. The van der Waals surface area contributed by atoms with Gasteiger partial charge in [-0.15, -0.1) is 5.73 Å². The predicted octanol–water partition coefficient (Wildman–Crippen LogP) is 3.68. The molecule has 1 aromatic carbocycles. The van der Waals surface area contributed by atoms with Crippen molar-refractivity contribution in [3.8, 4) is 0 Å². The van der Waals surface area contributed by atoms with Crippen LogP contribution in [0, 0.1) is 0 Å². The minimum absolute atomic E-state index is 0.0409. The van der Waals surface area contributed by atoms with Gasteiger partial charge in [0.05, 0.1) is 20.7 Å². The van der Waals surface area contributed by atoms with Crippen LogP contribution < -0.4 is 5.32 Å². The molecule has 1 aromatic rings. The zero-order chi connectivity index (χ0) is 15.2. The molecule has 0 aromatic heterocycles. The molecule has 20 heavy (non-hydrogen) atoms. The highest BCUT2D eigenvalue weighted by atomic mass is 28.3. The van der Waals surface area contributed by atoms with Crippen LogP contribution in [0.1, 0.15) is 24.9 Å². The van der Waals surface area contributed by atoms with E-state index in [1.165, 1.54) is 5.20 Å². The zero-order valence-electron chi connectivity index (χ0n) is 13.1. The number of hydrogen-bond acceptors (Lipinski definition) is 2. The molecule has 3 heteroatoms. The molecule has 0 radical (unpaired) electrons. The van der Waals surface area contributed by atoms with Crippen molar-refractivity contribution in [3.63, 3.8) is 0 Å². The van der Waals surface area contributed by atoms with Crippen molar-refractivity contribution in [2.75, 3.05) is 6.61 Å². The Labute approximate surface area is 124 Å². The van der Waals surface area contributed by atoms with E-state index in [4.69, 9.17) is 0 Å². The molecule has 2 atom stereocenters. The van der Waals surface area contributed by atoms with Gasteiger partial charge >= 0.3 is 0 Å². The molecule has 110 valence electrons. The normalized spacial score (nSPS) is 14.4. The molecule has 0 aliphatic carbocycles. The van der Waals surface area contributed by atoms with Crippen LogP contribution in [-0.4, -0.2) is 25.8 Å². The van der Waals surface area contributed by atoms with E-state index >= 15 is 0 Å². The second kappa shape index (κ2) is 7.60. The van der Waals surface area contributed by atoms with Crippen LogP contribution in [0.4, 0.5) is 0 Å². The topological polar surface area (TPSA) is 32.3 Å². The van der Waals surface area contributed by atoms with Crippen LogP contribution in [0.2, 0.25) is 19.6 Å². The second-order valence-corrected chi connectivity index (χ2v) is 11.2. The molecule has 0 heterocycles. The monoisotopic (exact) mass is 289 g/mol. The lowest BCUT2D eigenvalue weighted by Gasteiger charge is -2.31. The zero-order valence-corrected chi connectivity index (χ0v) is 14.1. The average Bonchev–Trinajstić information content (AvgIpc) is 2.42. The number of rotatable bonds is 7. The number of hydrogen-bond donors (Lipinski definition) is 2. The number of nitrogens with one attached hydrogen (secondary N) is 1. The van der Waals surface area contributed by atoms with Crippen molar-refractivity contribution in [1.29, 1.82) is 0 Å². The van der Waals surface area contributed by atoms with Crippen molar-refractivity contribution in [3.05, 3.63) is 53.4 Å². The summed E-state index contributed by atoms with van der Waals surface area (Å²) in [7, 11) is -1.45. The second-order valence-electron chi connectivity index (χ2n) is 6.11. The summed E-state index contributed by atoms with van der Waals surface area (Å²) >= 11 is 0. The SMILES string of the molecule is C=C=C([C@H](CC)N[C@@H](CO)c1ccccc1)[Si](C)(C)C. The summed E-state index contributed by atoms with van der Waals surface area (Å²) < 4.78 is 0. The maximum Gasteiger partial charge on any atom is 0.0843 e. The lowest BCUT2D eigenvalue weighted by molar-refractivity contribution is 0.237. The molecule has 2 N–H and O–H groups in total. The third-order valence-electron chi connectivity index (χ3n) is 3.54. The average molecular weight is 289 g/mol. The van der Waals surface area contributed by atoms with Gasteiger partial charge in [0.25, 0.3) is 0 Å². The maximum atomic E-state index is 9.68. The summed E-state index contributed by atoms with van der Waals surface area (Å²) in [5.41, 5.74) is 4.28. The Kier molecular flexibility index (Phi) is 6.44. The Morgan fingerprint density at radius 1 is 1.30 bits per heavy atom. The van der Waals surface area contributed by atoms with Gasteiger partial charge in [-0.2, -0.15) is 0 Å². The quantitative estimate of drug-likeness (QED) is 0.593. The van der Waals surface area contributed by atoms with Crippen LogP contribution in [0.15, 0.2) is 47.8 Å². The molecule has 0 amide bonds. The van der Waals surface area contributed by atoms with Crippen LogP contribution in [0.3, 0.4) is 0 Å². The molecule has 0 aliphatic heterocycles. The molecule has 0 fully saturated rings. The first-order valence-corrected chi connectivity index (χ1v) is 10.8. The van der Waals surface area contributed by atoms with Gasteiger partial charge in [0.1, 0.15) is 0 Å². The minimum Gasteiger partial charge on any atom is -0.394 e. The molecule has 0 spiro atoms. The van der Waals surface area contributed by atoms with Crippen molar-refractivity contribution in [1.82, 2.24) is 5.32 Å². The van der Waals surface area contributed by atoms with Gasteiger partial charge in [-0.25, -0.2) is 0 Å². The Morgan fingerprint density at radius 2 is 1.90 bits per heavy atom. The lowest BCUT2D eigenvalue weighted by atomic mass is 10.1. The van der Waals surface area contributed by atoms with Gasteiger partial charge in [0, 0.05) is 6.04 Å². The highest BCUT2D eigenvalue weighted by Crippen LogP contribution is 2.22. The summed E-state index contributed by atoms with van der Waals surface area (Å²) in [5, 5.41) is 14.6.